The standard InChI is InChI=1S/C17H24N2O/c1-19-12-13(9-10-18-14-5-3-4-6-14)16-8-7-15(20-2)11-17(16)19/h7-8,11-12,14,18H,3-6,9-10H2,1-2H3. The summed E-state index contributed by atoms with van der Waals surface area (Å²) in [6, 6.07) is 7.10. The number of nitrogens with one attached hydrogen (secondary N) is 1. The molecule has 0 atom stereocenters. The van der Waals surface area contributed by atoms with Crippen molar-refractivity contribution >= 4 is 10.9 Å². The van der Waals surface area contributed by atoms with Crippen molar-refractivity contribution in [3.8, 4) is 5.75 Å². The van der Waals surface area contributed by atoms with Crippen LogP contribution in [0.2, 0.25) is 0 Å². The van der Waals surface area contributed by atoms with Gasteiger partial charge in [-0.1, -0.05) is 12.8 Å². The van der Waals surface area contributed by atoms with E-state index in [0.29, 0.717) is 0 Å². The van der Waals surface area contributed by atoms with Gasteiger partial charge in [-0.15, -0.1) is 0 Å². The molecule has 108 valence electrons. The normalized spacial score (nSPS) is 16.1. The van der Waals surface area contributed by atoms with Crippen LogP contribution in [0.4, 0.5) is 0 Å². The molecule has 3 heteroatoms. The van der Waals surface area contributed by atoms with Gasteiger partial charge in [0.05, 0.1) is 12.6 Å². The quantitative estimate of drug-likeness (QED) is 0.904. The van der Waals surface area contributed by atoms with Gasteiger partial charge < -0.3 is 14.6 Å². The van der Waals surface area contributed by atoms with Crippen LogP contribution in [0.3, 0.4) is 0 Å². The minimum atomic E-state index is 0.755. The van der Waals surface area contributed by atoms with Crippen molar-refractivity contribution in [1.29, 1.82) is 0 Å². The van der Waals surface area contributed by atoms with Crippen LogP contribution in [0.25, 0.3) is 10.9 Å². The summed E-state index contributed by atoms with van der Waals surface area (Å²) in [6.45, 7) is 1.08. The molecule has 0 amide bonds. The van der Waals surface area contributed by atoms with E-state index in [1.165, 1.54) is 42.1 Å². The molecule has 1 fully saturated rings. The minimum absolute atomic E-state index is 0.755. The fourth-order valence-electron chi connectivity index (χ4n) is 3.31. The van der Waals surface area contributed by atoms with E-state index in [1.54, 1.807) is 7.11 Å². The van der Waals surface area contributed by atoms with Crippen LogP contribution in [-0.4, -0.2) is 24.3 Å². The van der Waals surface area contributed by atoms with Crippen LogP contribution < -0.4 is 10.1 Å². The SMILES string of the molecule is COc1ccc2c(CCNC3CCCC3)cn(C)c2c1. The van der Waals surface area contributed by atoms with E-state index < -0.39 is 0 Å². The zero-order chi connectivity index (χ0) is 13.9. The van der Waals surface area contributed by atoms with E-state index in [-0.39, 0.29) is 0 Å². The molecule has 3 nitrogen and oxygen atoms in total. The molecule has 2 aromatic rings. The number of methoxy groups -OCH3 is 1. The molecule has 3 rings (SSSR count). The van der Waals surface area contributed by atoms with Crippen LogP contribution in [-0.2, 0) is 13.5 Å². The lowest BCUT2D eigenvalue weighted by Crippen LogP contribution is -2.27. The molecule has 0 spiro atoms. The summed E-state index contributed by atoms with van der Waals surface area (Å²) in [5, 5.41) is 5.04. The first-order valence-electron chi connectivity index (χ1n) is 7.63. The highest BCUT2D eigenvalue weighted by atomic mass is 16.5. The molecule has 0 saturated heterocycles. The first-order valence-corrected chi connectivity index (χ1v) is 7.63. The highest BCUT2D eigenvalue weighted by Gasteiger charge is 2.14. The summed E-state index contributed by atoms with van der Waals surface area (Å²) < 4.78 is 7.51. The molecule has 1 aliphatic rings. The number of nitrogens with zero attached hydrogens (tertiary/aromatic N) is 1. The van der Waals surface area contributed by atoms with Gasteiger partial charge in [0, 0.05) is 30.7 Å². The van der Waals surface area contributed by atoms with Crippen LogP contribution >= 0.6 is 0 Å². The van der Waals surface area contributed by atoms with E-state index in [0.717, 1.165) is 24.8 Å². The second kappa shape index (κ2) is 5.88. The van der Waals surface area contributed by atoms with Gasteiger partial charge in [0.2, 0.25) is 0 Å². The number of benzene rings is 1. The summed E-state index contributed by atoms with van der Waals surface area (Å²) in [5.41, 5.74) is 2.68. The van der Waals surface area contributed by atoms with Gasteiger partial charge in [0.1, 0.15) is 5.75 Å². The number of hydrogen-bond donors (Lipinski definition) is 1. The molecule has 1 aromatic heterocycles. The van der Waals surface area contributed by atoms with Crippen molar-refractivity contribution < 1.29 is 4.74 Å². The fraction of sp³-hybridized carbons (Fsp3) is 0.529. The topological polar surface area (TPSA) is 26.2 Å². The molecule has 0 unspecified atom stereocenters. The average Bonchev–Trinajstić information content (AvgIpc) is 3.08. The maximum absolute atomic E-state index is 5.31. The van der Waals surface area contributed by atoms with Gasteiger partial charge in [0.25, 0.3) is 0 Å². The van der Waals surface area contributed by atoms with Crippen LogP contribution in [0, 0.1) is 0 Å². The Morgan fingerprint density at radius 1 is 1.30 bits per heavy atom. The monoisotopic (exact) mass is 272 g/mol. The molecule has 1 saturated carbocycles. The van der Waals surface area contributed by atoms with Crippen molar-refractivity contribution in [3.63, 3.8) is 0 Å². The first-order chi connectivity index (χ1) is 9.78. The Morgan fingerprint density at radius 3 is 2.85 bits per heavy atom. The van der Waals surface area contributed by atoms with Gasteiger partial charge in [-0.25, -0.2) is 0 Å². The molecule has 1 aromatic carbocycles. The van der Waals surface area contributed by atoms with Crippen LogP contribution in [0.15, 0.2) is 24.4 Å². The molecule has 1 aliphatic carbocycles. The number of hydrogen-bond acceptors (Lipinski definition) is 2. The summed E-state index contributed by atoms with van der Waals surface area (Å²) in [4.78, 5) is 0. The summed E-state index contributed by atoms with van der Waals surface area (Å²) in [6.07, 6.45) is 8.84. The molecule has 0 radical (unpaired) electrons. The van der Waals surface area contributed by atoms with E-state index >= 15 is 0 Å². The predicted octanol–water partition coefficient (Wildman–Crippen LogP) is 3.26. The van der Waals surface area contributed by atoms with E-state index in [1.807, 2.05) is 0 Å². The van der Waals surface area contributed by atoms with Crippen molar-refractivity contribution in [2.24, 2.45) is 7.05 Å². The Hall–Kier alpha value is -1.48. The molecule has 1 N–H and O–H groups in total. The Morgan fingerprint density at radius 2 is 2.10 bits per heavy atom. The third-order valence-electron chi connectivity index (χ3n) is 4.46. The zero-order valence-electron chi connectivity index (χ0n) is 12.5. The number of fused-ring (bicyclic) bond motifs is 1. The zero-order valence-corrected chi connectivity index (χ0v) is 12.5. The van der Waals surface area contributed by atoms with Gasteiger partial charge in [-0.3, -0.25) is 0 Å². The Bertz CT molecular complexity index is 582. The summed E-state index contributed by atoms with van der Waals surface area (Å²) in [5.74, 6) is 0.925. The van der Waals surface area contributed by atoms with Crippen molar-refractivity contribution in [1.82, 2.24) is 9.88 Å². The number of aromatic nitrogens is 1. The van der Waals surface area contributed by atoms with Crippen LogP contribution in [0.5, 0.6) is 5.75 Å². The highest BCUT2D eigenvalue weighted by molar-refractivity contribution is 5.85. The molecule has 0 bridgehead atoms. The third-order valence-corrected chi connectivity index (χ3v) is 4.46. The van der Waals surface area contributed by atoms with Gasteiger partial charge in [0.15, 0.2) is 0 Å². The van der Waals surface area contributed by atoms with Crippen molar-refractivity contribution in [3.05, 3.63) is 30.0 Å². The largest absolute Gasteiger partial charge is 0.497 e. The molecular weight excluding hydrogens is 248 g/mol. The Labute approximate surface area is 120 Å². The van der Waals surface area contributed by atoms with Crippen molar-refractivity contribution in [2.45, 2.75) is 38.1 Å². The first kappa shape index (κ1) is 13.5. The maximum Gasteiger partial charge on any atom is 0.120 e. The fourth-order valence-corrected chi connectivity index (χ4v) is 3.31. The lowest BCUT2D eigenvalue weighted by molar-refractivity contribution is 0.415. The lowest BCUT2D eigenvalue weighted by Gasteiger charge is -2.11. The smallest absolute Gasteiger partial charge is 0.120 e. The van der Waals surface area contributed by atoms with Gasteiger partial charge in [-0.05, 0) is 43.5 Å². The lowest BCUT2D eigenvalue weighted by atomic mass is 10.1. The summed E-state index contributed by atoms with van der Waals surface area (Å²) in [7, 11) is 3.83. The molecule has 0 aliphatic heterocycles. The minimum Gasteiger partial charge on any atom is -0.497 e. The molecule has 1 heterocycles. The second-order valence-corrected chi connectivity index (χ2v) is 5.83. The Kier molecular flexibility index (Phi) is 3.97. The van der Waals surface area contributed by atoms with E-state index in [9.17, 15) is 0 Å². The summed E-state index contributed by atoms with van der Waals surface area (Å²) >= 11 is 0. The maximum atomic E-state index is 5.31. The molecule has 20 heavy (non-hydrogen) atoms. The number of rotatable bonds is 5. The number of aryl methyl sites for hydroxylation is 1. The number of ether oxygens (including phenoxy) is 1. The van der Waals surface area contributed by atoms with Gasteiger partial charge >= 0.3 is 0 Å². The predicted molar refractivity (Wildman–Crippen MR) is 83.4 cm³/mol. The van der Waals surface area contributed by atoms with Crippen LogP contribution in [0.1, 0.15) is 31.2 Å². The second-order valence-electron chi connectivity index (χ2n) is 5.83. The van der Waals surface area contributed by atoms with Gasteiger partial charge in [-0.2, -0.15) is 0 Å². The highest BCUT2D eigenvalue weighted by Crippen LogP contribution is 2.25. The van der Waals surface area contributed by atoms with E-state index in [4.69, 9.17) is 4.74 Å². The molecular formula is C17H24N2O. The van der Waals surface area contributed by atoms with E-state index in [2.05, 4.69) is 41.3 Å². The van der Waals surface area contributed by atoms with Crippen molar-refractivity contribution in [2.75, 3.05) is 13.7 Å². The Balaban J connectivity index is 1.71. The third kappa shape index (κ3) is 2.68. The average molecular weight is 272 g/mol.